The highest BCUT2D eigenvalue weighted by molar-refractivity contribution is 7.99. The number of hydrogen-bond acceptors (Lipinski definition) is 3. The van der Waals surface area contributed by atoms with Gasteiger partial charge in [-0.15, -0.1) is 0 Å². The lowest BCUT2D eigenvalue weighted by Crippen LogP contribution is -2.33. The summed E-state index contributed by atoms with van der Waals surface area (Å²) in [7, 11) is 0. The Morgan fingerprint density at radius 2 is 2.29 bits per heavy atom. The van der Waals surface area contributed by atoms with Gasteiger partial charge < -0.3 is 4.90 Å². The molecule has 0 saturated carbocycles. The lowest BCUT2D eigenvalue weighted by Gasteiger charge is -2.20. The summed E-state index contributed by atoms with van der Waals surface area (Å²) in [6.45, 7) is 9.10. The molecule has 0 saturated heterocycles. The number of carbonyl (C=O) groups excluding carboxylic acids is 1. The van der Waals surface area contributed by atoms with Crippen molar-refractivity contribution < 1.29 is 4.79 Å². The van der Waals surface area contributed by atoms with Gasteiger partial charge in [-0.05, 0) is 26.0 Å². The van der Waals surface area contributed by atoms with E-state index in [0.29, 0.717) is 18.8 Å². The number of carbonyl (C=O) groups is 1. The van der Waals surface area contributed by atoms with Crippen molar-refractivity contribution in [1.29, 1.82) is 0 Å². The first-order chi connectivity index (χ1) is 8.13. The van der Waals surface area contributed by atoms with E-state index in [4.69, 9.17) is 0 Å². The first kappa shape index (κ1) is 13.8. The van der Waals surface area contributed by atoms with E-state index in [2.05, 4.69) is 11.6 Å². The molecule has 0 aliphatic carbocycles. The van der Waals surface area contributed by atoms with Crippen LogP contribution < -0.4 is 0 Å². The van der Waals surface area contributed by atoms with Gasteiger partial charge in [-0.2, -0.15) is 0 Å². The largest absolute Gasteiger partial charge is 0.338 e. The Hall–Kier alpha value is -1.29. The maximum absolute atomic E-state index is 11.9. The molecular formula is C13H18N2OS. The van der Waals surface area contributed by atoms with Crippen molar-refractivity contribution >= 4 is 17.7 Å². The van der Waals surface area contributed by atoms with Crippen LogP contribution in [0, 0.1) is 0 Å². The van der Waals surface area contributed by atoms with Crippen LogP contribution in [0.25, 0.3) is 0 Å². The van der Waals surface area contributed by atoms with Crippen LogP contribution in [0.4, 0.5) is 0 Å². The van der Waals surface area contributed by atoms with E-state index in [0.717, 1.165) is 10.6 Å². The summed E-state index contributed by atoms with van der Waals surface area (Å²) in [5.74, 6) is 0.559. The molecule has 1 aromatic heterocycles. The van der Waals surface area contributed by atoms with Crippen LogP contribution >= 0.6 is 11.8 Å². The van der Waals surface area contributed by atoms with E-state index in [1.165, 1.54) is 11.8 Å². The Kier molecular flexibility index (Phi) is 5.77. The minimum absolute atomic E-state index is 0.131. The summed E-state index contributed by atoms with van der Waals surface area (Å²) >= 11 is 1.47. The predicted octanol–water partition coefficient (Wildman–Crippen LogP) is 2.60. The monoisotopic (exact) mass is 250 g/mol. The topological polar surface area (TPSA) is 33.2 Å². The molecule has 3 nitrogen and oxygen atoms in total. The van der Waals surface area contributed by atoms with Crippen LogP contribution in [0.5, 0.6) is 0 Å². The van der Waals surface area contributed by atoms with Crippen molar-refractivity contribution in [2.45, 2.75) is 18.9 Å². The summed E-state index contributed by atoms with van der Waals surface area (Å²) in [4.78, 5) is 17.9. The van der Waals surface area contributed by atoms with Gasteiger partial charge in [0.25, 0.3) is 0 Å². The van der Waals surface area contributed by atoms with Gasteiger partial charge in [-0.25, -0.2) is 4.98 Å². The van der Waals surface area contributed by atoms with E-state index >= 15 is 0 Å². The van der Waals surface area contributed by atoms with Crippen LogP contribution in [-0.2, 0) is 4.79 Å². The Morgan fingerprint density at radius 1 is 1.53 bits per heavy atom. The maximum atomic E-state index is 11.9. The fourth-order valence-electron chi connectivity index (χ4n) is 1.36. The minimum Gasteiger partial charge on any atom is -0.338 e. The number of pyridine rings is 1. The van der Waals surface area contributed by atoms with Crippen molar-refractivity contribution in [3.63, 3.8) is 0 Å². The fourth-order valence-corrected chi connectivity index (χ4v) is 2.13. The van der Waals surface area contributed by atoms with E-state index in [1.54, 1.807) is 11.1 Å². The van der Waals surface area contributed by atoms with Gasteiger partial charge >= 0.3 is 0 Å². The zero-order valence-corrected chi connectivity index (χ0v) is 11.2. The molecule has 17 heavy (non-hydrogen) atoms. The molecule has 1 heterocycles. The number of rotatable bonds is 6. The van der Waals surface area contributed by atoms with Crippen LogP contribution in [0.1, 0.15) is 13.8 Å². The maximum Gasteiger partial charge on any atom is 0.233 e. The SMILES string of the molecule is C=C(C)CN(CC)C(=O)CSc1ccccn1. The zero-order chi connectivity index (χ0) is 12.7. The Bertz CT molecular complexity index is 378. The summed E-state index contributed by atoms with van der Waals surface area (Å²) in [6, 6.07) is 5.70. The van der Waals surface area contributed by atoms with Gasteiger partial charge in [0.05, 0.1) is 10.8 Å². The third-order valence-corrected chi connectivity index (χ3v) is 3.11. The fraction of sp³-hybridized carbons (Fsp3) is 0.385. The van der Waals surface area contributed by atoms with Gasteiger partial charge in [0, 0.05) is 19.3 Å². The van der Waals surface area contributed by atoms with Gasteiger partial charge in [0.15, 0.2) is 0 Å². The smallest absolute Gasteiger partial charge is 0.233 e. The number of hydrogen-bond donors (Lipinski definition) is 0. The highest BCUT2D eigenvalue weighted by Gasteiger charge is 2.11. The van der Waals surface area contributed by atoms with Crippen molar-refractivity contribution in [1.82, 2.24) is 9.88 Å². The Morgan fingerprint density at radius 3 is 2.82 bits per heavy atom. The summed E-state index contributed by atoms with van der Waals surface area (Å²) in [5, 5.41) is 0.882. The molecule has 1 aromatic rings. The first-order valence-corrected chi connectivity index (χ1v) is 6.58. The number of likely N-dealkylation sites (N-methyl/N-ethyl adjacent to an activating group) is 1. The first-order valence-electron chi connectivity index (χ1n) is 5.59. The summed E-state index contributed by atoms with van der Waals surface area (Å²) in [6.07, 6.45) is 1.73. The average molecular weight is 250 g/mol. The molecule has 0 radical (unpaired) electrons. The van der Waals surface area contributed by atoms with Crippen LogP contribution in [-0.4, -0.2) is 34.6 Å². The lowest BCUT2D eigenvalue weighted by atomic mass is 10.3. The molecule has 0 aliphatic rings. The van der Waals surface area contributed by atoms with E-state index in [1.807, 2.05) is 32.0 Å². The van der Waals surface area contributed by atoms with E-state index in [-0.39, 0.29) is 5.91 Å². The number of thioether (sulfide) groups is 1. The number of amides is 1. The van der Waals surface area contributed by atoms with E-state index in [9.17, 15) is 4.79 Å². The van der Waals surface area contributed by atoms with Gasteiger partial charge in [-0.3, -0.25) is 4.79 Å². The second-order valence-electron chi connectivity index (χ2n) is 3.82. The van der Waals surface area contributed by atoms with Crippen molar-refractivity contribution in [3.8, 4) is 0 Å². The van der Waals surface area contributed by atoms with Crippen molar-refractivity contribution in [2.75, 3.05) is 18.8 Å². The van der Waals surface area contributed by atoms with Crippen LogP contribution in [0.3, 0.4) is 0 Å². The van der Waals surface area contributed by atoms with Crippen molar-refractivity contribution in [2.24, 2.45) is 0 Å². The number of nitrogens with zero attached hydrogens (tertiary/aromatic N) is 2. The minimum atomic E-state index is 0.131. The average Bonchev–Trinajstić information content (AvgIpc) is 2.34. The predicted molar refractivity (Wildman–Crippen MR) is 72.0 cm³/mol. The van der Waals surface area contributed by atoms with Gasteiger partial charge in [-0.1, -0.05) is 30.0 Å². The van der Waals surface area contributed by atoms with Crippen LogP contribution in [0.15, 0.2) is 41.6 Å². The second kappa shape index (κ2) is 7.12. The standard InChI is InChI=1S/C13H18N2OS/c1-4-15(9-11(2)3)13(16)10-17-12-7-5-6-8-14-12/h5-8H,2,4,9-10H2,1,3H3. The Balaban J connectivity index is 2.45. The highest BCUT2D eigenvalue weighted by Crippen LogP contribution is 2.14. The van der Waals surface area contributed by atoms with Gasteiger partial charge in [0.1, 0.15) is 0 Å². The molecule has 0 aromatic carbocycles. The highest BCUT2D eigenvalue weighted by atomic mass is 32.2. The Labute approximate surface area is 107 Å². The molecular weight excluding hydrogens is 232 g/mol. The third kappa shape index (κ3) is 5.04. The molecule has 0 bridgehead atoms. The van der Waals surface area contributed by atoms with Gasteiger partial charge in [0.2, 0.25) is 5.91 Å². The third-order valence-electron chi connectivity index (χ3n) is 2.18. The quantitative estimate of drug-likeness (QED) is 0.575. The molecule has 0 spiro atoms. The summed E-state index contributed by atoms with van der Waals surface area (Å²) < 4.78 is 0. The number of aromatic nitrogens is 1. The molecule has 4 heteroatoms. The van der Waals surface area contributed by atoms with E-state index < -0.39 is 0 Å². The molecule has 92 valence electrons. The van der Waals surface area contributed by atoms with Crippen LogP contribution in [0.2, 0.25) is 0 Å². The molecule has 1 rings (SSSR count). The molecule has 0 unspecified atom stereocenters. The second-order valence-corrected chi connectivity index (χ2v) is 4.82. The molecule has 0 atom stereocenters. The zero-order valence-electron chi connectivity index (χ0n) is 10.3. The lowest BCUT2D eigenvalue weighted by molar-refractivity contribution is -0.127. The molecule has 1 amide bonds. The molecule has 0 aliphatic heterocycles. The summed E-state index contributed by atoms with van der Waals surface area (Å²) in [5.41, 5.74) is 1.00. The molecule has 0 fully saturated rings. The normalized spacial score (nSPS) is 10.0. The molecule has 0 N–H and O–H groups in total. The van der Waals surface area contributed by atoms with Crippen molar-refractivity contribution in [3.05, 3.63) is 36.5 Å².